The molecule has 166 valence electrons. The van der Waals surface area contributed by atoms with Gasteiger partial charge in [0, 0.05) is 42.6 Å². The lowest BCUT2D eigenvalue weighted by molar-refractivity contribution is -0.133. The topological polar surface area (TPSA) is 105 Å². The van der Waals surface area contributed by atoms with Crippen molar-refractivity contribution in [2.45, 2.75) is 38.1 Å². The van der Waals surface area contributed by atoms with Gasteiger partial charge in [-0.2, -0.15) is 0 Å². The molecular weight excluding hydrogens is 412 g/mol. The summed E-state index contributed by atoms with van der Waals surface area (Å²) in [5, 5.41) is 0. The van der Waals surface area contributed by atoms with Crippen LogP contribution in [-0.4, -0.2) is 58.0 Å². The highest BCUT2D eigenvalue weighted by Gasteiger charge is 2.36. The van der Waals surface area contributed by atoms with E-state index in [0.29, 0.717) is 66.7 Å². The van der Waals surface area contributed by atoms with Crippen LogP contribution in [0.4, 0.5) is 0 Å². The van der Waals surface area contributed by atoms with Crippen molar-refractivity contribution in [3.63, 3.8) is 0 Å². The molecule has 4 aliphatic rings. The van der Waals surface area contributed by atoms with E-state index in [1.165, 1.54) is 0 Å². The molecule has 1 aromatic heterocycles. The van der Waals surface area contributed by atoms with Crippen molar-refractivity contribution >= 4 is 11.8 Å². The Balaban J connectivity index is 1.19. The molecule has 0 bridgehead atoms. The molecule has 1 unspecified atom stereocenters. The quantitative estimate of drug-likeness (QED) is 0.780. The van der Waals surface area contributed by atoms with E-state index in [2.05, 4.69) is 4.98 Å². The molecule has 9 heteroatoms. The first-order valence-corrected chi connectivity index (χ1v) is 11.2. The van der Waals surface area contributed by atoms with Gasteiger partial charge in [0.1, 0.15) is 5.82 Å². The number of rotatable bonds is 3. The molecule has 2 aromatic rings. The van der Waals surface area contributed by atoms with Gasteiger partial charge in [-0.3, -0.25) is 14.4 Å². The van der Waals surface area contributed by atoms with Crippen LogP contribution in [0.5, 0.6) is 11.5 Å². The normalized spacial score (nSPS) is 21.6. The number of likely N-dealkylation sites (tertiary alicyclic amines) is 1. The third-order valence-electron chi connectivity index (χ3n) is 6.81. The SMILES string of the molecule is O=C(c1ccc2c(c1)OCO2)N1CCC(c2nc3c(c(=O)[nH]2)CCN(C(=O)C2CC2)C3)C1. The minimum absolute atomic E-state index is 0.0412. The average Bonchev–Trinajstić information content (AvgIpc) is 3.34. The minimum atomic E-state index is -0.121. The van der Waals surface area contributed by atoms with Crippen molar-refractivity contribution in [2.24, 2.45) is 5.92 Å². The Labute approximate surface area is 184 Å². The molecular formula is C23H24N4O5. The van der Waals surface area contributed by atoms with Gasteiger partial charge in [0.25, 0.3) is 11.5 Å². The molecule has 32 heavy (non-hydrogen) atoms. The molecule has 1 aliphatic carbocycles. The first kappa shape index (κ1) is 19.3. The fourth-order valence-electron chi connectivity index (χ4n) is 4.81. The molecule has 1 saturated carbocycles. The van der Waals surface area contributed by atoms with Crippen LogP contribution in [0.1, 0.15) is 52.6 Å². The number of H-pyrrole nitrogens is 1. The zero-order valence-corrected chi connectivity index (χ0v) is 17.6. The summed E-state index contributed by atoms with van der Waals surface area (Å²) in [6, 6.07) is 5.20. The van der Waals surface area contributed by atoms with Crippen molar-refractivity contribution in [3.05, 3.63) is 51.2 Å². The summed E-state index contributed by atoms with van der Waals surface area (Å²) in [7, 11) is 0. The number of fused-ring (bicyclic) bond motifs is 2. The molecule has 3 aliphatic heterocycles. The van der Waals surface area contributed by atoms with E-state index in [4.69, 9.17) is 14.5 Å². The van der Waals surface area contributed by atoms with E-state index in [1.807, 2.05) is 4.90 Å². The molecule has 4 heterocycles. The summed E-state index contributed by atoms with van der Waals surface area (Å²) in [5.41, 5.74) is 1.81. The van der Waals surface area contributed by atoms with Gasteiger partial charge in [0.05, 0.1) is 12.2 Å². The van der Waals surface area contributed by atoms with Crippen LogP contribution in [0.2, 0.25) is 0 Å². The van der Waals surface area contributed by atoms with Crippen LogP contribution in [0.15, 0.2) is 23.0 Å². The third kappa shape index (κ3) is 3.32. The summed E-state index contributed by atoms with van der Waals surface area (Å²) in [5.74, 6) is 2.05. The van der Waals surface area contributed by atoms with Crippen molar-refractivity contribution in [3.8, 4) is 11.5 Å². The number of aromatic amines is 1. The van der Waals surface area contributed by atoms with Crippen molar-refractivity contribution in [2.75, 3.05) is 26.4 Å². The Morgan fingerprint density at radius 3 is 2.75 bits per heavy atom. The Morgan fingerprint density at radius 2 is 1.91 bits per heavy atom. The van der Waals surface area contributed by atoms with Gasteiger partial charge < -0.3 is 24.3 Å². The van der Waals surface area contributed by atoms with Crippen LogP contribution in [-0.2, 0) is 17.8 Å². The number of hydrogen-bond donors (Lipinski definition) is 1. The summed E-state index contributed by atoms with van der Waals surface area (Å²) in [6.07, 6.45) is 3.19. The van der Waals surface area contributed by atoms with E-state index >= 15 is 0 Å². The van der Waals surface area contributed by atoms with Crippen molar-refractivity contribution in [1.29, 1.82) is 0 Å². The van der Waals surface area contributed by atoms with E-state index in [0.717, 1.165) is 19.3 Å². The Hall–Kier alpha value is -3.36. The number of benzene rings is 1. The zero-order valence-electron chi connectivity index (χ0n) is 17.6. The number of ether oxygens (including phenoxy) is 2. The molecule has 2 fully saturated rings. The predicted octanol–water partition coefficient (Wildman–Crippen LogP) is 1.42. The van der Waals surface area contributed by atoms with Crippen molar-refractivity contribution in [1.82, 2.24) is 19.8 Å². The Morgan fingerprint density at radius 1 is 1.06 bits per heavy atom. The Bertz CT molecular complexity index is 1170. The molecule has 9 nitrogen and oxygen atoms in total. The highest BCUT2D eigenvalue weighted by Crippen LogP contribution is 2.34. The van der Waals surface area contributed by atoms with E-state index in [1.54, 1.807) is 23.1 Å². The highest BCUT2D eigenvalue weighted by molar-refractivity contribution is 5.95. The first-order chi connectivity index (χ1) is 15.6. The van der Waals surface area contributed by atoms with Gasteiger partial charge >= 0.3 is 0 Å². The smallest absolute Gasteiger partial charge is 0.254 e. The lowest BCUT2D eigenvalue weighted by Crippen LogP contribution is -2.40. The second-order valence-electron chi connectivity index (χ2n) is 8.97. The highest BCUT2D eigenvalue weighted by atomic mass is 16.7. The summed E-state index contributed by atoms with van der Waals surface area (Å²) >= 11 is 0. The van der Waals surface area contributed by atoms with Crippen molar-refractivity contribution < 1.29 is 19.1 Å². The molecule has 0 spiro atoms. The molecule has 0 radical (unpaired) electrons. The standard InChI is InChI=1S/C23H24N4O5/c28-21-16-6-8-27(22(29)13-1-2-13)11-17(16)24-20(25-21)15-5-7-26(10-15)23(30)14-3-4-18-19(9-14)32-12-31-18/h3-4,9,13,15H,1-2,5-8,10-12H2,(H,24,25,28). The monoisotopic (exact) mass is 436 g/mol. The maximum atomic E-state index is 13.0. The van der Waals surface area contributed by atoms with Gasteiger partial charge in [-0.1, -0.05) is 0 Å². The molecule has 1 N–H and O–H groups in total. The fourth-order valence-corrected chi connectivity index (χ4v) is 4.81. The van der Waals surface area contributed by atoms with E-state index in [-0.39, 0.29) is 36.0 Å². The van der Waals surface area contributed by atoms with Crippen LogP contribution < -0.4 is 15.0 Å². The maximum Gasteiger partial charge on any atom is 0.254 e. The average molecular weight is 436 g/mol. The molecule has 2 amide bonds. The predicted molar refractivity (Wildman–Crippen MR) is 113 cm³/mol. The first-order valence-electron chi connectivity index (χ1n) is 11.2. The number of nitrogens with zero attached hydrogens (tertiary/aromatic N) is 3. The van der Waals surface area contributed by atoms with Crippen LogP contribution in [0.25, 0.3) is 0 Å². The third-order valence-corrected chi connectivity index (χ3v) is 6.81. The summed E-state index contributed by atoms with van der Waals surface area (Å²) in [4.78, 5) is 49.5. The maximum absolute atomic E-state index is 13.0. The molecule has 1 aromatic carbocycles. The number of nitrogens with one attached hydrogen (secondary N) is 1. The second kappa shape index (κ2) is 7.36. The van der Waals surface area contributed by atoms with Gasteiger partial charge in [-0.25, -0.2) is 4.98 Å². The number of carbonyl (C=O) groups is 2. The lowest BCUT2D eigenvalue weighted by atomic mass is 10.0. The number of amides is 2. The van der Waals surface area contributed by atoms with E-state index < -0.39 is 0 Å². The van der Waals surface area contributed by atoms with Crippen LogP contribution >= 0.6 is 0 Å². The molecule has 1 atom stereocenters. The summed E-state index contributed by atoms with van der Waals surface area (Å²) in [6.45, 7) is 2.21. The van der Waals surface area contributed by atoms with Crippen LogP contribution in [0.3, 0.4) is 0 Å². The van der Waals surface area contributed by atoms with E-state index in [9.17, 15) is 14.4 Å². The lowest BCUT2D eigenvalue weighted by Gasteiger charge is -2.28. The molecule has 6 rings (SSSR count). The number of hydrogen-bond acceptors (Lipinski definition) is 6. The van der Waals surface area contributed by atoms with Crippen LogP contribution in [0, 0.1) is 5.92 Å². The fraction of sp³-hybridized carbons (Fsp3) is 0.478. The molecule has 1 saturated heterocycles. The van der Waals surface area contributed by atoms with Gasteiger partial charge in [-0.15, -0.1) is 0 Å². The Kier molecular flexibility index (Phi) is 4.44. The minimum Gasteiger partial charge on any atom is -0.454 e. The number of aromatic nitrogens is 2. The second-order valence-corrected chi connectivity index (χ2v) is 8.97. The number of carbonyl (C=O) groups excluding carboxylic acids is 2. The largest absolute Gasteiger partial charge is 0.454 e. The van der Waals surface area contributed by atoms with Gasteiger partial charge in [0.15, 0.2) is 11.5 Å². The zero-order chi connectivity index (χ0) is 21.8. The summed E-state index contributed by atoms with van der Waals surface area (Å²) < 4.78 is 10.7. The van der Waals surface area contributed by atoms with Gasteiger partial charge in [0.2, 0.25) is 12.7 Å². The van der Waals surface area contributed by atoms with Gasteiger partial charge in [-0.05, 0) is 43.9 Å².